The van der Waals surface area contributed by atoms with Crippen LogP contribution in [0.3, 0.4) is 0 Å². The Bertz CT molecular complexity index is 603. The van der Waals surface area contributed by atoms with Crippen molar-refractivity contribution in [3.8, 4) is 11.8 Å². The summed E-state index contributed by atoms with van der Waals surface area (Å²) in [5, 5.41) is 19.1. The first kappa shape index (κ1) is 17.1. The second-order valence-electron chi connectivity index (χ2n) is 6.58. The van der Waals surface area contributed by atoms with Gasteiger partial charge in [0.15, 0.2) is 0 Å². The van der Waals surface area contributed by atoms with Crippen LogP contribution in [0.2, 0.25) is 0 Å². The lowest BCUT2D eigenvalue weighted by Crippen LogP contribution is -2.52. The Morgan fingerprint density at radius 3 is 2.78 bits per heavy atom. The second-order valence-corrected chi connectivity index (χ2v) is 6.58. The van der Waals surface area contributed by atoms with Crippen LogP contribution in [-0.2, 0) is 4.74 Å². The number of rotatable bonds is 2. The molecular weight excluding hydrogens is 296 g/mol. The maximum atomic E-state index is 12.0. The third kappa shape index (κ3) is 4.86. The molecule has 0 aromatic heterocycles. The first-order valence-electron chi connectivity index (χ1n) is 7.61. The van der Waals surface area contributed by atoms with Crippen molar-refractivity contribution in [1.82, 2.24) is 4.90 Å². The standard InChI is InChI=1S/C17H22N2O4/c1-17(2,3)23-16(21)19-8-7-15(14(20)11-19)22-13-6-4-5-12(9-13)10-18/h4-6,9,14-15,20H,7-8,11H2,1-3H3/t14-,15-/m1/s1. The van der Waals surface area contributed by atoms with E-state index in [1.807, 2.05) is 6.07 Å². The molecule has 0 spiro atoms. The molecule has 1 heterocycles. The van der Waals surface area contributed by atoms with Gasteiger partial charge in [0.1, 0.15) is 23.6 Å². The first-order valence-corrected chi connectivity index (χ1v) is 7.61. The number of carbonyl (C=O) groups excluding carboxylic acids is 1. The van der Waals surface area contributed by atoms with Gasteiger partial charge in [-0.25, -0.2) is 4.79 Å². The van der Waals surface area contributed by atoms with E-state index in [-0.39, 0.29) is 6.54 Å². The van der Waals surface area contributed by atoms with E-state index in [2.05, 4.69) is 0 Å². The first-order chi connectivity index (χ1) is 10.8. The zero-order valence-corrected chi connectivity index (χ0v) is 13.7. The molecule has 0 saturated carbocycles. The molecule has 23 heavy (non-hydrogen) atoms. The van der Waals surface area contributed by atoms with Crippen molar-refractivity contribution in [2.24, 2.45) is 0 Å². The zero-order chi connectivity index (χ0) is 17.0. The molecule has 1 amide bonds. The van der Waals surface area contributed by atoms with Crippen LogP contribution in [0, 0.1) is 11.3 Å². The van der Waals surface area contributed by atoms with Crippen LogP contribution < -0.4 is 4.74 Å². The molecule has 1 aromatic carbocycles. The number of benzene rings is 1. The van der Waals surface area contributed by atoms with E-state index < -0.39 is 23.9 Å². The SMILES string of the molecule is CC(C)(C)OC(=O)N1CC[C@@H](Oc2cccc(C#N)c2)[C@H](O)C1. The van der Waals surface area contributed by atoms with E-state index in [4.69, 9.17) is 14.7 Å². The van der Waals surface area contributed by atoms with Gasteiger partial charge in [0.25, 0.3) is 0 Å². The van der Waals surface area contributed by atoms with Gasteiger partial charge in [-0.2, -0.15) is 5.26 Å². The summed E-state index contributed by atoms with van der Waals surface area (Å²) in [6.07, 6.45) is -1.15. The van der Waals surface area contributed by atoms with Gasteiger partial charge in [0, 0.05) is 13.0 Å². The summed E-state index contributed by atoms with van der Waals surface area (Å²) in [7, 11) is 0. The van der Waals surface area contributed by atoms with Crippen LogP contribution in [0.4, 0.5) is 4.79 Å². The monoisotopic (exact) mass is 318 g/mol. The van der Waals surface area contributed by atoms with E-state index in [0.29, 0.717) is 24.3 Å². The summed E-state index contributed by atoms with van der Waals surface area (Å²) in [6.45, 7) is 6.03. The third-order valence-electron chi connectivity index (χ3n) is 3.42. The minimum Gasteiger partial charge on any atom is -0.488 e. The van der Waals surface area contributed by atoms with Crippen LogP contribution in [0.25, 0.3) is 0 Å². The van der Waals surface area contributed by atoms with Crippen molar-refractivity contribution < 1.29 is 19.4 Å². The number of aliphatic hydroxyl groups excluding tert-OH is 1. The average molecular weight is 318 g/mol. The number of likely N-dealkylation sites (tertiary alicyclic amines) is 1. The number of hydrogen-bond acceptors (Lipinski definition) is 5. The number of nitrogens with zero attached hydrogens (tertiary/aromatic N) is 2. The molecule has 2 rings (SSSR count). The minimum absolute atomic E-state index is 0.164. The van der Waals surface area contributed by atoms with Crippen molar-refractivity contribution in [3.63, 3.8) is 0 Å². The van der Waals surface area contributed by atoms with Crippen LogP contribution in [-0.4, -0.2) is 47.0 Å². The lowest BCUT2D eigenvalue weighted by molar-refractivity contribution is -0.0374. The van der Waals surface area contributed by atoms with E-state index >= 15 is 0 Å². The molecule has 1 fully saturated rings. The summed E-state index contributed by atoms with van der Waals surface area (Å²) in [4.78, 5) is 13.5. The molecule has 1 saturated heterocycles. The molecule has 1 aliphatic heterocycles. The average Bonchev–Trinajstić information content (AvgIpc) is 2.47. The molecule has 1 N–H and O–H groups in total. The van der Waals surface area contributed by atoms with E-state index in [9.17, 15) is 9.90 Å². The molecule has 0 aliphatic carbocycles. The van der Waals surface area contributed by atoms with Gasteiger partial charge < -0.3 is 19.5 Å². The lowest BCUT2D eigenvalue weighted by atomic mass is 10.1. The highest BCUT2D eigenvalue weighted by Gasteiger charge is 2.33. The highest BCUT2D eigenvalue weighted by molar-refractivity contribution is 5.68. The van der Waals surface area contributed by atoms with Gasteiger partial charge in [0.05, 0.1) is 18.2 Å². The molecule has 6 heteroatoms. The molecular formula is C17H22N2O4. The van der Waals surface area contributed by atoms with Gasteiger partial charge >= 0.3 is 6.09 Å². The van der Waals surface area contributed by atoms with Gasteiger partial charge in [-0.05, 0) is 39.0 Å². The summed E-state index contributed by atoms with van der Waals surface area (Å²) < 4.78 is 11.1. The van der Waals surface area contributed by atoms with Crippen LogP contribution in [0.5, 0.6) is 5.75 Å². The molecule has 0 unspecified atom stereocenters. The Morgan fingerprint density at radius 2 is 2.17 bits per heavy atom. The second kappa shape index (κ2) is 6.88. The van der Waals surface area contributed by atoms with Crippen molar-refractivity contribution in [2.45, 2.75) is 45.0 Å². The number of hydrogen-bond donors (Lipinski definition) is 1. The van der Waals surface area contributed by atoms with Crippen molar-refractivity contribution in [1.29, 1.82) is 5.26 Å². The smallest absolute Gasteiger partial charge is 0.410 e. The Kier molecular flexibility index (Phi) is 5.12. The van der Waals surface area contributed by atoms with Gasteiger partial charge in [0.2, 0.25) is 0 Å². The lowest BCUT2D eigenvalue weighted by Gasteiger charge is -2.36. The summed E-state index contributed by atoms with van der Waals surface area (Å²) in [5.74, 6) is 0.541. The van der Waals surface area contributed by atoms with E-state index in [1.165, 1.54) is 4.90 Å². The predicted octanol–water partition coefficient (Wildman–Crippen LogP) is 2.31. The number of ether oxygens (including phenoxy) is 2. The highest BCUT2D eigenvalue weighted by Crippen LogP contribution is 2.21. The fraction of sp³-hybridized carbons (Fsp3) is 0.529. The molecule has 0 bridgehead atoms. The fourth-order valence-corrected chi connectivity index (χ4v) is 2.35. The van der Waals surface area contributed by atoms with E-state index in [0.717, 1.165) is 0 Å². The van der Waals surface area contributed by atoms with Crippen LogP contribution in [0.15, 0.2) is 24.3 Å². The number of β-amino-alcohol motifs (C(OH)–C–C–N with tert-alkyl or cyclic N) is 1. The number of carbonyl (C=O) groups is 1. The Labute approximate surface area is 136 Å². The quantitative estimate of drug-likeness (QED) is 0.904. The van der Waals surface area contributed by atoms with Gasteiger partial charge in [-0.15, -0.1) is 0 Å². The molecule has 6 nitrogen and oxygen atoms in total. The molecule has 124 valence electrons. The molecule has 0 radical (unpaired) electrons. The Morgan fingerprint density at radius 1 is 1.43 bits per heavy atom. The van der Waals surface area contributed by atoms with Gasteiger partial charge in [-0.3, -0.25) is 0 Å². The number of piperidine rings is 1. The highest BCUT2D eigenvalue weighted by atomic mass is 16.6. The van der Waals surface area contributed by atoms with Crippen molar-refractivity contribution in [3.05, 3.63) is 29.8 Å². The van der Waals surface area contributed by atoms with Crippen LogP contribution >= 0.6 is 0 Å². The summed E-state index contributed by atoms with van der Waals surface area (Å²) in [6, 6.07) is 8.84. The number of aliphatic hydroxyl groups is 1. The third-order valence-corrected chi connectivity index (χ3v) is 3.42. The Balaban J connectivity index is 1.94. The normalized spacial score (nSPS) is 21.4. The van der Waals surface area contributed by atoms with Crippen LogP contribution in [0.1, 0.15) is 32.8 Å². The topological polar surface area (TPSA) is 82.8 Å². The van der Waals surface area contributed by atoms with E-state index in [1.54, 1.807) is 45.0 Å². The molecule has 1 aliphatic rings. The minimum atomic E-state index is -0.804. The van der Waals surface area contributed by atoms with Crippen molar-refractivity contribution in [2.75, 3.05) is 13.1 Å². The molecule has 1 aromatic rings. The maximum Gasteiger partial charge on any atom is 0.410 e. The van der Waals surface area contributed by atoms with Gasteiger partial charge in [-0.1, -0.05) is 6.07 Å². The van der Waals surface area contributed by atoms with Crippen molar-refractivity contribution >= 4 is 6.09 Å². The largest absolute Gasteiger partial charge is 0.488 e. The maximum absolute atomic E-state index is 12.0. The summed E-state index contributed by atoms with van der Waals surface area (Å²) in [5.41, 5.74) is -0.0594. The fourth-order valence-electron chi connectivity index (χ4n) is 2.35. The Hall–Kier alpha value is -2.26. The summed E-state index contributed by atoms with van der Waals surface area (Å²) >= 11 is 0. The zero-order valence-electron chi connectivity index (χ0n) is 13.7. The predicted molar refractivity (Wildman–Crippen MR) is 84.0 cm³/mol. The number of nitriles is 1. The molecule has 2 atom stereocenters. The number of amides is 1.